The predicted octanol–water partition coefficient (Wildman–Crippen LogP) is 1.55. The van der Waals surface area contributed by atoms with Gasteiger partial charge in [0, 0.05) is 30.2 Å². The van der Waals surface area contributed by atoms with Crippen molar-refractivity contribution in [2.24, 2.45) is 0 Å². The summed E-state index contributed by atoms with van der Waals surface area (Å²) in [6.07, 6.45) is 0. The molecule has 0 spiro atoms. The zero-order valence-electron chi connectivity index (χ0n) is 13.6. The molecule has 24 heavy (non-hydrogen) atoms. The number of aromatic nitrogens is 1. The highest BCUT2D eigenvalue weighted by Crippen LogP contribution is 2.25. The first-order valence-corrected chi connectivity index (χ1v) is 8.86. The smallest absolute Gasteiger partial charge is 0.260 e. The summed E-state index contributed by atoms with van der Waals surface area (Å²) in [5.41, 5.74) is 0.528. The fourth-order valence-electron chi connectivity index (χ4n) is 2.82. The quantitative estimate of drug-likeness (QED) is 0.861. The van der Waals surface area contributed by atoms with Gasteiger partial charge in [0.2, 0.25) is 0 Å². The van der Waals surface area contributed by atoms with Gasteiger partial charge in [0.05, 0.1) is 19.3 Å². The van der Waals surface area contributed by atoms with Crippen LogP contribution in [0.25, 0.3) is 0 Å². The zero-order valence-corrected chi connectivity index (χ0v) is 14.4. The molecule has 1 unspecified atom stereocenters. The van der Waals surface area contributed by atoms with Crippen molar-refractivity contribution in [1.29, 1.82) is 0 Å². The van der Waals surface area contributed by atoms with Crippen LogP contribution in [0.1, 0.15) is 27.0 Å². The Bertz CT molecular complexity index is 736. The number of rotatable bonds is 5. The molecule has 1 aliphatic rings. The summed E-state index contributed by atoms with van der Waals surface area (Å²) >= 11 is 1.68. The van der Waals surface area contributed by atoms with Crippen LogP contribution < -0.4 is 10.9 Å². The largest absolute Gasteiger partial charge is 0.379 e. The number of H-pyrrole nitrogens is 1. The zero-order chi connectivity index (χ0) is 16.9. The van der Waals surface area contributed by atoms with Crippen molar-refractivity contribution in [3.05, 3.63) is 56.1 Å². The van der Waals surface area contributed by atoms with Gasteiger partial charge in [-0.3, -0.25) is 14.5 Å². The molecule has 1 atom stereocenters. The summed E-state index contributed by atoms with van der Waals surface area (Å²) < 4.78 is 5.42. The van der Waals surface area contributed by atoms with Gasteiger partial charge in [0.1, 0.15) is 5.56 Å². The number of morpholine rings is 1. The summed E-state index contributed by atoms with van der Waals surface area (Å²) in [4.78, 5) is 30.5. The van der Waals surface area contributed by atoms with E-state index in [1.807, 2.05) is 11.4 Å². The number of nitrogens with one attached hydrogen (secondary N) is 2. The third kappa shape index (κ3) is 3.92. The van der Waals surface area contributed by atoms with Gasteiger partial charge in [-0.15, -0.1) is 11.3 Å². The van der Waals surface area contributed by atoms with E-state index >= 15 is 0 Å². The van der Waals surface area contributed by atoms with Crippen LogP contribution in [0.3, 0.4) is 0 Å². The summed E-state index contributed by atoms with van der Waals surface area (Å²) in [5, 5.41) is 4.95. The topological polar surface area (TPSA) is 74.4 Å². The Balaban J connectivity index is 1.71. The van der Waals surface area contributed by atoms with Crippen LogP contribution in [0.15, 0.2) is 34.4 Å². The number of nitrogens with zero attached hydrogens (tertiary/aromatic N) is 1. The molecule has 128 valence electrons. The van der Waals surface area contributed by atoms with E-state index in [-0.39, 0.29) is 23.1 Å². The molecule has 1 fully saturated rings. The molecule has 2 aromatic heterocycles. The SMILES string of the molecule is Cc1ccc(C(=O)NCC(c2cccs2)N2CCOCC2)c(=O)[nH]1. The lowest BCUT2D eigenvalue weighted by Gasteiger charge is -2.34. The Labute approximate surface area is 144 Å². The van der Waals surface area contributed by atoms with Gasteiger partial charge >= 0.3 is 0 Å². The first-order valence-electron chi connectivity index (χ1n) is 7.98. The average molecular weight is 347 g/mol. The molecule has 1 aliphatic heterocycles. The third-order valence-corrected chi connectivity index (χ3v) is 5.09. The van der Waals surface area contributed by atoms with Crippen molar-refractivity contribution < 1.29 is 9.53 Å². The van der Waals surface area contributed by atoms with Crippen LogP contribution >= 0.6 is 11.3 Å². The lowest BCUT2D eigenvalue weighted by molar-refractivity contribution is 0.0169. The van der Waals surface area contributed by atoms with Gasteiger partial charge in [-0.05, 0) is 30.5 Å². The van der Waals surface area contributed by atoms with Crippen LogP contribution in [0.4, 0.5) is 0 Å². The molecule has 3 rings (SSSR count). The van der Waals surface area contributed by atoms with Gasteiger partial charge in [0.15, 0.2) is 0 Å². The third-order valence-electron chi connectivity index (χ3n) is 4.11. The molecule has 2 N–H and O–H groups in total. The summed E-state index contributed by atoms with van der Waals surface area (Å²) in [6, 6.07) is 7.49. The molecular weight excluding hydrogens is 326 g/mol. The molecular formula is C17H21N3O3S. The van der Waals surface area contributed by atoms with Gasteiger partial charge in [-0.25, -0.2) is 0 Å². The monoisotopic (exact) mass is 347 g/mol. The van der Waals surface area contributed by atoms with E-state index in [4.69, 9.17) is 4.74 Å². The van der Waals surface area contributed by atoms with Gasteiger partial charge in [-0.1, -0.05) is 6.07 Å². The number of carbonyl (C=O) groups is 1. The van der Waals surface area contributed by atoms with Gasteiger partial charge in [0.25, 0.3) is 11.5 Å². The summed E-state index contributed by atoms with van der Waals surface area (Å²) in [5.74, 6) is -0.342. The number of hydrogen-bond donors (Lipinski definition) is 2. The van der Waals surface area contributed by atoms with Crippen molar-refractivity contribution in [2.75, 3.05) is 32.8 Å². The average Bonchev–Trinajstić information content (AvgIpc) is 3.10. The number of pyridine rings is 1. The van der Waals surface area contributed by atoms with Crippen molar-refractivity contribution in [3.63, 3.8) is 0 Å². The van der Waals surface area contributed by atoms with Gasteiger partial charge < -0.3 is 15.0 Å². The van der Waals surface area contributed by atoms with Crippen LogP contribution in [0.5, 0.6) is 0 Å². The van der Waals surface area contributed by atoms with E-state index in [0.29, 0.717) is 19.8 Å². The molecule has 0 bridgehead atoms. The van der Waals surface area contributed by atoms with E-state index < -0.39 is 0 Å². The van der Waals surface area contributed by atoms with E-state index in [1.165, 1.54) is 4.88 Å². The second-order valence-corrected chi connectivity index (χ2v) is 6.75. The fraction of sp³-hybridized carbons (Fsp3) is 0.412. The Hall–Kier alpha value is -1.96. The second kappa shape index (κ2) is 7.74. The number of ether oxygens (including phenoxy) is 1. The fourth-order valence-corrected chi connectivity index (χ4v) is 3.68. The molecule has 7 heteroatoms. The first kappa shape index (κ1) is 16.9. The molecule has 0 aliphatic carbocycles. The molecule has 2 aromatic rings. The maximum absolute atomic E-state index is 12.4. The molecule has 1 saturated heterocycles. The number of aromatic amines is 1. The van der Waals surface area contributed by atoms with Crippen molar-refractivity contribution in [1.82, 2.24) is 15.2 Å². The Kier molecular flexibility index (Phi) is 5.44. The molecule has 3 heterocycles. The maximum Gasteiger partial charge on any atom is 0.260 e. The number of hydrogen-bond acceptors (Lipinski definition) is 5. The van der Waals surface area contributed by atoms with Crippen molar-refractivity contribution >= 4 is 17.2 Å². The minimum Gasteiger partial charge on any atom is -0.379 e. The van der Waals surface area contributed by atoms with Gasteiger partial charge in [-0.2, -0.15) is 0 Å². The Morgan fingerprint density at radius 2 is 2.17 bits per heavy atom. The normalized spacial score (nSPS) is 16.7. The number of amides is 1. The summed E-state index contributed by atoms with van der Waals surface area (Å²) in [6.45, 7) is 5.33. The van der Waals surface area contributed by atoms with E-state index in [1.54, 1.807) is 30.4 Å². The highest BCUT2D eigenvalue weighted by Gasteiger charge is 2.24. The van der Waals surface area contributed by atoms with Crippen LogP contribution in [0.2, 0.25) is 0 Å². The lowest BCUT2D eigenvalue weighted by atomic mass is 10.1. The predicted molar refractivity (Wildman–Crippen MR) is 93.6 cm³/mol. The van der Waals surface area contributed by atoms with Crippen molar-refractivity contribution in [2.45, 2.75) is 13.0 Å². The minimum absolute atomic E-state index is 0.0994. The minimum atomic E-state index is -0.355. The number of carbonyl (C=O) groups excluding carboxylic acids is 1. The molecule has 0 radical (unpaired) electrons. The van der Waals surface area contributed by atoms with E-state index in [2.05, 4.69) is 21.3 Å². The molecule has 0 saturated carbocycles. The van der Waals surface area contributed by atoms with Crippen LogP contribution in [-0.2, 0) is 4.74 Å². The number of aryl methyl sites for hydroxylation is 1. The molecule has 6 nitrogen and oxygen atoms in total. The maximum atomic E-state index is 12.4. The van der Waals surface area contributed by atoms with E-state index in [9.17, 15) is 9.59 Å². The van der Waals surface area contributed by atoms with Crippen molar-refractivity contribution in [3.8, 4) is 0 Å². The molecule has 1 amide bonds. The Morgan fingerprint density at radius 1 is 1.38 bits per heavy atom. The second-order valence-electron chi connectivity index (χ2n) is 5.77. The van der Waals surface area contributed by atoms with E-state index in [0.717, 1.165) is 18.8 Å². The standard InChI is InChI=1S/C17H21N3O3S/c1-12-4-5-13(17(22)19-12)16(21)18-11-14(15-3-2-10-24-15)20-6-8-23-9-7-20/h2-5,10,14H,6-9,11H2,1H3,(H,18,21)(H,19,22). The number of thiophene rings is 1. The first-order chi connectivity index (χ1) is 11.6. The Morgan fingerprint density at radius 3 is 2.83 bits per heavy atom. The lowest BCUT2D eigenvalue weighted by Crippen LogP contribution is -2.44. The highest BCUT2D eigenvalue weighted by atomic mass is 32.1. The molecule has 0 aromatic carbocycles. The van der Waals surface area contributed by atoms with Crippen LogP contribution in [-0.4, -0.2) is 48.6 Å². The summed E-state index contributed by atoms with van der Waals surface area (Å²) in [7, 11) is 0. The highest BCUT2D eigenvalue weighted by molar-refractivity contribution is 7.10. The van der Waals surface area contributed by atoms with Crippen LogP contribution in [0, 0.1) is 6.92 Å².